The molecule has 1 aliphatic heterocycles. The summed E-state index contributed by atoms with van der Waals surface area (Å²) in [4.78, 5) is 13.0. The molecule has 0 aliphatic carbocycles. The number of nitrogens with zero attached hydrogens (tertiary/aromatic N) is 1. The third-order valence-electron chi connectivity index (χ3n) is 3.18. The second-order valence-electron chi connectivity index (χ2n) is 4.55. The number of benzene rings is 1. The molecule has 104 valence electrons. The summed E-state index contributed by atoms with van der Waals surface area (Å²) in [5, 5.41) is 3.22. The van der Waals surface area contributed by atoms with Gasteiger partial charge in [-0.25, -0.2) is 13.6 Å². The first kappa shape index (κ1) is 13.7. The van der Waals surface area contributed by atoms with E-state index in [0.29, 0.717) is 19.6 Å². The van der Waals surface area contributed by atoms with E-state index >= 15 is 0 Å². The van der Waals surface area contributed by atoms with Gasteiger partial charge in [0.25, 0.3) is 0 Å². The number of rotatable bonds is 2. The van der Waals surface area contributed by atoms with Gasteiger partial charge < -0.3 is 15.0 Å². The lowest BCUT2D eigenvalue weighted by molar-refractivity contribution is 0.0594. The van der Waals surface area contributed by atoms with Crippen LogP contribution in [0.3, 0.4) is 0 Å². The van der Waals surface area contributed by atoms with Gasteiger partial charge in [-0.15, -0.1) is 0 Å². The van der Waals surface area contributed by atoms with Crippen molar-refractivity contribution in [2.24, 2.45) is 0 Å². The van der Waals surface area contributed by atoms with Crippen LogP contribution in [0.2, 0.25) is 0 Å². The molecule has 19 heavy (non-hydrogen) atoms. The maximum absolute atomic E-state index is 14.0. The molecule has 0 spiro atoms. The van der Waals surface area contributed by atoms with Gasteiger partial charge in [-0.3, -0.25) is 0 Å². The highest BCUT2D eigenvalue weighted by molar-refractivity contribution is 5.90. The van der Waals surface area contributed by atoms with Crippen LogP contribution >= 0.6 is 0 Å². The number of methoxy groups -OCH3 is 1. The lowest BCUT2D eigenvalue weighted by Crippen LogP contribution is -2.49. The highest BCUT2D eigenvalue weighted by atomic mass is 19.2. The Kier molecular flexibility index (Phi) is 3.99. The van der Waals surface area contributed by atoms with E-state index in [4.69, 9.17) is 0 Å². The molecule has 2 rings (SSSR count). The number of hydrogen-bond donors (Lipinski definition) is 1. The Morgan fingerprint density at radius 3 is 2.79 bits per heavy atom. The minimum atomic E-state index is -1.16. The Labute approximate surface area is 110 Å². The summed E-state index contributed by atoms with van der Waals surface area (Å²) < 4.78 is 32.3. The summed E-state index contributed by atoms with van der Waals surface area (Å²) in [6.07, 6.45) is 0. The monoisotopic (exact) mass is 270 g/mol. The predicted molar refractivity (Wildman–Crippen MR) is 67.4 cm³/mol. The van der Waals surface area contributed by atoms with E-state index in [1.54, 1.807) is 4.90 Å². The van der Waals surface area contributed by atoms with Crippen LogP contribution in [0, 0.1) is 11.6 Å². The Bertz CT molecular complexity index is 494. The van der Waals surface area contributed by atoms with E-state index in [-0.39, 0.29) is 17.3 Å². The van der Waals surface area contributed by atoms with Gasteiger partial charge in [-0.1, -0.05) is 0 Å². The molecule has 0 radical (unpaired) electrons. The van der Waals surface area contributed by atoms with Gasteiger partial charge in [0, 0.05) is 25.7 Å². The second kappa shape index (κ2) is 5.52. The maximum atomic E-state index is 14.0. The Morgan fingerprint density at radius 2 is 2.16 bits per heavy atom. The Hall–Kier alpha value is -1.69. The number of piperazine rings is 1. The molecule has 1 aliphatic rings. The van der Waals surface area contributed by atoms with Crippen molar-refractivity contribution in [2.75, 3.05) is 31.6 Å². The summed E-state index contributed by atoms with van der Waals surface area (Å²) in [6, 6.07) is 2.88. The molecule has 0 unspecified atom stereocenters. The third kappa shape index (κ3) is 2.68. The molecule has 1 aromatic rings. The van der Waals surface area contributed by atoms with E-state index in [1.165, 1.54) is 12.1 Å². The molecule has 1 atom stereocenters. The van der Waals surface area contributed by atoms with E-state index in [9.17, 15) is 13.6 Å². The highest BCUT2D eigenvalue weighted by Gasteiger charge is 2.24. The first-order valence-electron chi connectivity index (χ1n) is 6.09. The van der Waals surface area contributed by atoms with E-state index < -0.39 is 17.6 Å². The molecule has 1 heterocycles. The number of esters is 1. The first-order valence-corrected chi connectivity index (χ1v) is 6.09. The number of ether oxygens (including phenoxy) is 1. The van der Waals surface area contributed by atoms with Crippen LogP contribution < -0.4 is 10.2 Å². The summed E-state index contributed by atoms with van der Waals surface area (Å²) in [6.45, 7) is 3.87. The van der Waals surface area contributed by atoms with Crippen molar-refractivity contribution < 1.29 is 18.3 Å². The fourth-order valence-corrected chi connectivity index (χ4v) is 2.20. The molecule has 0 amide bonds. The van der Waals surface area contributed by atoms with Crippen LogP contribution in [0.15, 0.2) is 12.1 Å². The van der Waals surface area contributed by atoms with Crippen molar-refractivity contribution in [3.05, 3.63) is 29.3 Å². The molecular weight excluding hydrogens is 254 g/mol. The second-order valence-corrected chi connectivity index (χ2v) is 4.55. The topological polar surface area (TPSA) is 41.6 Å². The van der Waals surface area contributed by atoms with Crippen molar-refractivity contribution in [3.63, 3.8) is 0 Å². The standard InChI is InChI=1S/C13H16F2N2O2/c1-8-7-17(6-5-16-8)10-4-3-9(13(18)19-2)11(14)12(10)15/h3-4,8,16H,5-7H2,1-2H3/t8-/m1/s1. The summed E-state index contributed by atoms with van der Waals surface area (Å²) in [7, 11) is 1.13. The molecule has 0 aromatic heterocycles. The normalized spacial score (nSPS) is 19.4. The minimum absolute atomic E-state index is 0.179. The lowest BCUT2D eigenvalue weighted by atomic mass is 10.1. The fraction of sp³-hybridized carbons (Fsp3) is 0.462. The molecule has 6 heteroatoms. The zero-order valence-electron chi connectivity index (χ0n) is 10.9. The molecule has 1 N–H and O–H groups in total. The number of halogens is 2. The Morgan fingerprint density at radius 1 is 1.42 bits per heavy atom. The molecule has 1 aromatic carbocycles. The van der Waals surface area contributed by atoms with Crippen molar-refractivity contribution in [3.8, 4) is 0 Å². The summed E-state index contributed by atoms with van der Waals surface area (Å²) >= 11 is 0. The van der Waals surface area contributed by atoms with E-state index in [1.807, 2.05) is 6.92 Å². The van der Waals surface area contributed by atoms with Crippen molar-refractivity contribution in [1.29, 1.82) is 0 Å². The van der Waals surface area contributed by atoms with E-state index in [2.05, 4.69) is 10.1 Å². The van der Waals surface area contributed by atoms with Crippen LogP contribution in [0.25, 0.3) is 0 Å². The quantitative estimate of drug-likeness (QED) is 0.828. The molecular formula is C13H16F2N2O2. The van der Waals surface area contributed by atoms with Gasteiger partial charge in [0.2, 0.25) is 0 Å². The van der Waals surface area contributed by atoms with Crippen molar-refractivity contribution in [2.45, 2.75) is 13.0 Å². The minimum Gasteiger partial charge on any atom is -0.465 e. The average molecular weight is 270 g/mol. The van der Waals surface area contributed by atoms with Gasteiger partial charge in [-0.05, 0) is 19.1 Å². The summed E-state index contributed by atoms with van der Waals surface area (Å²) in [5.41, 5.74) is -0.203. The molecule has 4 nitrogen and oxygen atoms in total. The van der Waals surface area contributed by atoms with Gasteiger partial charge in [0.15, 0.2) is 11.6 Å². The van der Waals surface area contributed by atoms with Crippen LogP contribution in [0.5, 0.6) is 0 Å². The molecule has 0 bridgehead atoms. The van der Waals surface area contributed by atoms with Gasteiger partial charge in [0.1, 0.15) is 0 Å². The van der Waals surface area contributed by atoms with Crippen LogP contribution in [-0.2, 0) is 4.74 Å². The van der Waals surface area contributed by atoms with Gasteiger partial charge in [0.05, 0.1) is 18.4 Å². The SMILES string of the molecule is COC(=O)c1ccc(N2CCN[C@H](C)C2)c(F)c1F. The van der Waals surface area contributed by atoms with Crippen molar-refractivity contribution in [1.82, 2.24) is 5.32 Å². The largest absolute Gasteiger partial charge is 0.465 e. The number of carbonyl (C=O) groups excluding carboxylic acids is 1. The number of hydrogen-bond acceptors (Lipinski definition) is 4. The number of anilines is 1. The first-order chi connectivity index (χ1) is 9.04. The summed E-state index contributed by atoms with van der Waals surface area (Å²) in [5.74, 6) is -3.04. The highest BCUT2D eigenvalue weighted by Crippen LogP contribution is 2.25. The molecule has 1 fully saturated rings. The van der Waals surface area contributed by atoms with Crippen LogP contribution in [0.4, 0.5) is 14.5 Å². The third-order valence-corrected chi connectivity index (χ3v) is 3.18. The van der Waals surface area contributed by atoms with Gasteiger partial charge in [-0.2, -0.15) is 0 Å². The fourth-order valence-electron chi connectivity index (χ4n) is 2.20. The van der Waals surface area contributed by atoms with Crippen LogP contribution in [0.1, 0.15) is 17.3 Å². The Balaban J connectivity index is 2.33. The number of nitrogens with one attached hydrogen (secondary N) is 1. The average Bonchev–Trinajstić information content (AvgIpc) is 2.41. The zero-order valence-corrected chi connectivity index (χ0v) is 10.9. The molecule has 0 saturated carbocycles. The smallest absolute Gasteiger partial charge is 0.340 e. The van der Waals surface area contributed by atoms with Crippen molar-refractivity contribution >= 4 is 11.7 Å². The van der Waals surface area contributed by atoms with E-state index in [0.717, 1.165) is 7.11 Å². The zero-order chi connectivity index (χ0) is 14.0. The lowest BCUT2D eigenvalue weighted by Gasteiger charge is -2.33. The van der Waals surface area contributed by atoms with Gasteiger partial charge >= 0.3 is 5.97 Å². The predicted octanol–water partition coefficient (Wildman–Crippen LogP) is 1.55. The maximum Gasteiger partial charge on any atom is 0.340 e. The molecule has 1 saturated heterocycles. The number of carbonyl (C=O) groups is 1. The van der Waals surface area contributed by atoms with Crippen LogP contribution in [-0.4, -0.2) is 38.8 Å².